The second-order valence-electron chi connectivity index (χ2n) is 5.70. The Kier molecular flexibility index (Phi) is 3.32. The molecule has 0 saturated carbocycles. The van der Waals surface area contributed by atoms with Crippen LogP contribution in [-0.4, -0.2) is 17.6 Å². The highest BCUT2D eigenvalue weighted by Gasteiger charge is 2.14. The van der Waals surface area contributed by atoms with Gasteiger partial charge in [-0.2, -0.15) is 0 Å². The zero-order valence-corrected chi connectivity index (χ0v) is 13.0. The van der Waals surface area contributed by atoms with Crippen LogP contribution in [0.25, 0.3) is 32.7 Å². The number of hydrogen-bond acceptors (Lipinski definition) is 5. The molecule has 6 nitrogen and oxygen atoms in total. The molecule has 6 heteroatoms. The summed E-state index contributed by atoms with van der Waals surface area (Å²) in [5.74, 6) is -0.737. The molecule has 25 heavy (non-hydrogen) atoms. The molecule has 0 aliphatic rings. The van der Waals surface area contributed by atoms with Gasteiger partial charge in [0.2, 0.25) is 5.43 Å². The number of rotatable bonds is 3. The molecule has 0 aliphatic heterocycles. The first kappa shape index (κ1) is 15.0. The second kappa shape index (κ2) is 5.52. The Balaban J connectivity index is 2.00. The highest BCUT2D eigenvalue weighted by atomic mass is 16.5. The Hall–Kier alpha value is -3.54. The van der Waals surface area contributed by atoms with E-state index in [2.05, 4.69) is 0 Å². The lowest BCUT2D eigenvalue weighted by atomic mass is 10.1. The lowest BCUT2D eigenvalue weighted by Gasteiger charge is -2.08. The molecule has 1 amide bonds. The van der Waals surface area contributed by atoms with E-state index in [1.54, 1.807) is 12.1 Å². The van der Waals surface area contributed by atoms with Crippen LogP contribution in [0.15, 0.2) is 57.7 Å². The first-order valence-corrected chi connectivity index (χ1v) is 7.56. The zero-order chi connectivity index (χ0) is 17.6. The van der Waals surface area contributed by atoms with Crippen molar-refractivity contribution in [1.82, 2.24) is 0 Å². The Morgan fingerprint density at radius 1 is 1.08 bits per heavy atom. The van der Waals surface area contributed by atoms with Gasteiger partial charge in [0.25, 0.3) is 5.91 Å². The molecule has 0 saturated heterocycles. The normalized spacial score (nSPS) is 11.2. The molecule has 0 aliphatic carbocycles. The third kappa shape index (κ3) is 2.53. The van der Waals surface area contributed by atoms with Crippen LogP contribution in [-0.2, 0) is 4.79 Å². The first-order valence-electron chi connectivity index (χ1n) is 7.56. The van der Waals surface area contributed by atoms with Gasteiger partial charge in [-0.05, 0) is 22.9 Å². The zero-order valence-electron chi connectivity index (χ0n) is 13.0. The molecule has 1 heterocycles. The van der Waals surface area contributed by atoms with Crippen molar-refractivity contribution in [2.75, 3.05) is 6.61 Å². The number of fused-ring (bicyclic) bond motifs is 3. The van der Waals surface area contributed by atoms with Gasteiger partial charge in [0.1, 0.15) is 28.1 Å². The summed E-state index contributed by atoms with van der Waals surface area (Å²) in [6.07, 6.45) is 0. The molecule has 0 fully saturated rings. The fourth-order valence-corrected chi connectivity index (χ4v) is 2.86. The number of aromatic hydroxyl groups is 1. The second-order valence-corrected chi connectivity index (χ2v) is 5.70. The van der Waals surface area contributed by atoms with Gasteiger partial charge in [-0.1, -0.05) is 24.3 Å². The minimum Gasteiger partial charge on any atom is -0.507 e. The predicted molar refractivity (Wildman–Crippen MR) is 93.9 cm³/mol. The Labute approximate surface area is 141 Å². The maximum atomic E-state index is 12.8. The van der Waals surface area contributed by atoms with Crippen LogP contribution in [0.4, 0.5) is 0 Å². The van der Waals surface area contributed by atoms with Crippen molar-refractivity contribution in [3.63, 3.8) is 0 Å². The van der Waals surface area contributed by atoms with Gasteiger partial charge < -0.3 is 20.0 Å². The van der Waals surface area contributed by atoms with Crippen LogP contribution >= 0.6 is 0 Å². The van der Waals surface area contributed by atoms with Crippen molar-refractivity contribution < 1.29 is 19.1 Å². The highest BCUT2D eigenvalue weighted by Crippen LogP contribution is 2.31. The number of primary amides is 1. The smallest absolute Gasteiger partial charge is 0.255 e. The maximum Gasteiger partial charge on any atom is 0.255 e. The third-order valence-corrected chi connectivity index (χ3v) is 3.98. The van der Waals surface area contributed by atoms with E-state index in [1.807, 2.05) is 24.3 Å². The van der Waals surface area contributed by atoms with E-state index < -0.39 is 5.91 Å². The Bertz CT molecular complexity index is 1210. The summed E-state index contributed by atoms with van der Waals surface area (Å²) in [6.45, 7) is -0.340. The number of phenolic OH excluding ortho intramolecular Hbond substituents is 1. The molecule has 3 N–H and O–H groups in total. The molecule has 0 spiro atoms. The van der Waals surface area contributed by atoms with E-state index in [9.17, 15) is 14.7 Å². The highest BCUT2D eigenvalue weighted by molar-refractivity contribution is 6.00. The number of carbonyl (C=O) groups is 1. The van der Waals surface area contributed by atoms with E-state index in [1.165, 1.54) is 12.1 Å². The summed E-state index contributed by atoms with van der Waals surface area (Å²) < 4.78 is 11.0. The number of nitrogens with two attached hydrogens (primary N) is 1. The topological polar surface area (TPSA) is 103 Å². The van der Waals surface area contributed by atoms with E-state index in [0.29, 0.717) is 11.0 Å². The van der Waals surface area contributed by atoms with Gasteiger partial charge in [-0.3, -0.25) is 9.59 Å². The number of carbonyl (C=O) groups excluding carboxylic acids is 1. The number of amides is 1. The summed E-state index contributed by atoms with van der Waals surface area (Å²) in [6, 6.07) is 13.8. The summed E-state index contributed by atoms with van der Waals surface area (Å²) in [4.78, 5) is 23.6. The average Bonchev–Trinajstić information content (AvgIpc) is 2.58. The molecule has 3 aromatic carbocycles. The fourth-order valence-electron chi connectivity index (χ4n) is 2.86. The van der Waals surface area contributed by atoms with Gasteiger partial charge >= 0.3 is 0 Å². The van der Waals surface area contributed by atoms with E-state index in [-0.39, 0.29) is 34.5 Å². The van der Waals surface area contributed by atoms with Crippen LogP contribution < -0.4 is 15.9 Å². The van der Waals surface area contributed by atoms with E-state index in [4.69, 9.17) is 14.9 Å². The van der Waals surface area contributed by atoms with Gasteiger partial charge in [0.15, 0.2) is 6.61 Å². The lowest BCUT2D eigenvalue weighted by Crippen LogP contribution is -2.20. The molecule has 4 aromatic rings. The Morgan fingerprint density at radius 3 is 2.52 bits per heavy atom. The average molecular weight is 335 g/mol. The van der Waals surface area contributed by atoms with Crippen LogP contribution in [0.1, 0.15) is 0 Å². The Morgan fingerprint density at radius 2 is 1.80 bits per heavy atom. The van der Waals surface area contributed by atoms with Gasteiger partial charge in [-0.25, -0.2) is 0 Å². The number of ether oxygens (including phenoxy) is 1. The molecule has 4 rings (SSSR count). The van der Waals surface area contributed by atoms with Crippen molar-refractivity contribution in [3.05, 3.63) is 58.8 Å². The molecule has 0 atom stereocenters. The van der Waals surface area contributed by atoms with E-state index >= 15 is 0 Å². The summed E-state index contributed by atoms with van der Waals surface area (Å²) >= 11 is 0. The first-order chi connectivity index (χ1) is 12.0. The maximum absolute atomic E-state index is 12.8. The van der Waals surface area contributed by atoms with Crippen molar-refractivity contribution in [3.8, 4) is 11.5 Å². The summed E-state index contributed by atoms with van der Waals surface area (Å²) in [5.41, 5.74) is 5.29. The minimum atomic E-state index is -0.647. The summed E-state index contributed by atoms with van der Waals surface area (Å²) in [7, 11) is 0. The van der Waals surface area contributed by atoms with Gasteiger partial charge in [0, 0.05) is 12.1 Å². The molecular weight excluding hydrogens is 322 g/mol. The van der Waals surface area contributed by atoms with Crippen molar-refractivity contribution in [2.45, 2.75) is 0 Å². The quantitative estimate of drug-likeness (QED) is 0.560. The molecular formula is C19H13NO5. The largest absolute Gasteiger partial charge is 0.507 e. The van der Waals surface area contributed by atoms with Crippen LogP contribution in [0.3, 0.4) is 0 Å². The van der Waals surface area contributed by atoms with Crippen molar-refractivity contribution >= 4 is 38.6 Å². The molecule has 0 unspecified atom stereocenters. The van der Waals surface area contributed by atoms with Crippen molar-refractivity contribution in [1.29, 1.82) is 0 Å². The van der Waals surface area contributed by atoms with Crippen molar-refractivity contribution in [2.24, 2.45) is 5.73 Å². The van der Waals surface area contributed by atoms with Crippen LogP contribution in [0.5, 0.6) is 11.5 Å². The standard InChI is InChI=1S/C19H13NO5/c20-17(22)9-24-12-7-14(21)18-16(8-12)25-15-6-11-4-2-1-3-10(11)5-13(15)19(18)23/h1-8,21H,9H2,(H2,20,22). The monoisotopic (exact) mass is 335 g/mol. The number of phenols is 1. The molecule has 1 aromatic heterocycles. The van der Waals surface area contributed by atoms with Gasteiger partial charge in [0.05, 0.1) is 5.39 Å². The summed E-state index contributed by atoms with van der Waals surface area (Å²) in [5, 5.41) is 12.5. The lowest BCUT2D eigenvalue weighted by molar-refractivity contribution is -0.119. The van der Waals surface area contributed by atoms with Crippen LogP contribution in [0, 0.1) is 0 Å². The fraction of sp³-hybridized carbons (Fsp3) is 0.0526. The molecule has 124 valence electrons. The van der Waals surface area contributed by atoms with Gasteiger partial charge in [-0.15, -0.1) is 0 Å². The molecule has 0 radical (unpaired) electrons. The molecule has 0 bridgehead atoms. The number of hydrogen-bond donors (Lipinski definition) is 2. The predicted octanol–water partition coefficient (Wildman–Crippen LogP) is 2.67. The van der Waals surface area contributed by atoms with E-state index in [0.717, 1.165) is 10.8 Å². The minimum absolute atomic E-state index is 0.0641. The SMILES string of the molecule is NC(=O)COc1cc(O)c2c(=O)c3cc4ccccc4cc3oc2c1. The van der Waals surface area contributed by atoms with Crippen LogP contribution in [0.2, 0.25) is 0 Å². The number of benzene rings is 3. The third-order valence-electron chi connectivity index (χ3n) is 3.98.